The lowest BCUT2D eigenvalue weighted by Crippen LogP contribution is -2.30. The van der Waals surface area contributed by atoms with Gasteiger partial charge in [0.1, 0.15) is 25.4 Å². The van der Waals surface area contributed by atoms with Crippen LogP contribution in [0.25, 0.3) is 0 Å². The van der Waals surface area contributed by atoms with Gasteiger partial charge in [0.2, 0.25) is 0 Å². The molecule has 0 bridgehead atoms. The predicted octanol–water partition coefficient (Wildman–Crippen LogP) is 23.1. The van der Waals surface area contributed by atoms with Crippen LogP contribution in [0, 0.1) is 0 Å². The van der Waals surface area contributed by atoms with Gasteiger partial charge in [-0.05, 0) is 141 Å². The van der Waals surface area contributed by atoms with Crippen molar-refractivity contribution in [3.8, 4) is 0 Å². The number of aliphatic hydroxyl groups is 2. The van der Waals surface area contributed by atoms with Gasteiger partial charge in [-0.3, -0.25) is 32.5 Å². The fourth-order valence-electron chi connectivity index (χ4n) is 10.3. The van der Waals surface area contributed by atoms with E-state index in [0.29, 0.717) is 19.3 Å². The largest absolute Gasteiger partial charge is 0.472 e. The molecule has 0 rings (SSSR count). The first kappa shape index (κ1) is 96.7. The Hall–Kier alpha value is -4.31. The van der Waals surface area contributed by atoms with Gasteiger partial charge in [-0.15, -0.1) is 0 Å². The number of hydrogen-bond donors (Lipinski definition) is 4. The van der Waals surface area contributed by atoms with E-state index in [9.17, 15) is 43.5 Å². The van der Waals surface area contributed by atoms with Crippen molar-refractivity contribution >= 4 is 33.6 Å². The summed E-state index contributed by atoms with van der Waals surface area (Å²) in [6.45, 7) is 2.49. The summed E-state index contributed by atoms with van der Waals surface area (Å²) < 4.78 is 61.1. The summed E-state index contributed by atoms with van der Waals surface area (Å²) in [5.74, 6) is -1.61. The molecule has 5 unspecified atom stereocenters. The number of allylic oxidation sites excluding steroid dienone is 22. The summed E-state index contributed by atoms with van der Waals surface area (Å²) in [5, 5.41) is 20.6. The molecule has 18 heteroatoms. The Labute approximate surface area is 614 Å². The fourth-order valence-corrected chi connectivity index (χ4v) is 11.9. The van der Waals surface area contributed by atoms with E-state index in [1.165, 1.54) is 89.9 Å². The second-order valence-corrected chi connectivity index (χ2v) is 29.0. The van der Waals surface area contributed by atoms with Crippen molar-refractivity contribution in [1.82, 2.24) is 0 Å². The summed E-state index contributed by atoms with van der Waals surface area (Å²) in [6.07, 6.45) is 90.6. The number of hydrogen-bond acceptors (Lipinski definition) is 14. The van der Waals surface area contributed by atoms with Gasteiger partial charge in [-0.2, -0.15) is 0 Å². The molecule has 0 aliphatic heterocycles. The van der Waals surface area contributed by atoms with Gasteiger partial charge in [0.25, 0.3) is 0 Å². The van der Waals surface area contributed by atoms with Crippen molar-refractivity contribution in [3.05, 3.63) is 134 Å². The van der Waals surface area contributed by atoms with Gasteiger partial charge < -0.3 is 34.2 Å². The number of esters is 3. The highest BCUT2D eigenvalue weighted by Gasteiger charge is 2.29. The maximum absolute atomic E-state index is 13.0. The van der Waals surface area contributed by atoms with Crippen LogP contribution in [0.5, 0.6) is 0 Å². The van der Waals surface area contributed by atoms with Crippen LogP contribution in [0.1, 0.15) is 316 Å². The van der Waals surface area contributed by atoms with Gasteiger partial charge in [-0.25, -0.2) is 9.13 Å². The maximum Gasteiger partial charge on any atom is 0.472 e. The molecule has 4 N–H and O–H groups in total. The molecule has 16 nitrogen and oxygen atoms in total. The first-order valence-corrected chi connectivity index (χ1v) is 42.5. The highest BCUT2D eigenvalue weighted by atomic mass is 31.2. The Bertz CT molecular complexity index is 2370. The highest BCUT2D eigenvalue weighted by molar-refractivity contribution is 7.47. The van der Waals surface area contributed by atoms with Crippen molar-refractivity contribution in [3.63, 3.8) is 0 Å². The molecule has 580 valence electrons. The quantitative estimate of drug-likeness (QED) is 0.0146. The zero-order valence-corrected chi connectivity index (χ0v) is 65.1. The molecule has 0 heterocycles. The minimum atomic E-state index is -4.94. The number of phosphoric acid groups is 2. The van der Waals surface area contributed by atoms with Crippen LogP contribution in [-0.2, 0) is 55.8 Å². The van der Waals surface area contributed by atoms with Crippen molar-refractivity contribution < 1.29 is 75.8 Å². The Morgan fingerprint density at radius 2 is 0.525 bits per heavy atom. The van der Waals surface area contributed by atoms with Gasteiger partial charge >= 0.3 is 33.6 Å². The van der Waals surface area contributed by atoms with Crippen molar-refractivity contribution in [2.24, 2.45) is 0 Å². The number of rotatable bonds is 74. The second kappa shape index (κ2) is 75.4. The van der Waals surface area contributed by atoms with E-state index in [-0.39, 0.29) is 19.3 Å². The van der Waals surface area contributed by atoms with Crippen LogP contribution in [-0.4, -0.2) is 95.9 Å². The third-order valence-corrected chi connectivity index (χ3v) is 18.2. The zero-order valence-electron chi connectivity index (χ0n) is 63.3. The predicted molar refractivity (Wildman–Crippen MR) is 417 cm³/mol. The summed E-state index contributed by atoms with van der Waals surface area (Å²) in [4.78, 5) is 58.7. The molecule has 0 amide bonds. The lowest BCUT2D eigenvalue weighted by molar-refractivity contribution is -0.161. The fraction of sp³-hybridized carbons (Fsp3) is 0.699. The molecular formula is C83H142O16P2. The van der Waals surface area contributed by atoms with Crippen LogP contribution in [0.2, 0.25) is 0 Å². The van der Waals surface area contributed by atoms with Gasteiger partial charge in [0.15, 0.2) is 6.10 Å². The summed E-state index contributed by atoms with van der Waals surface area (Å²) in [6, 6.07) is 0. The summed E-state index contributed by atoms with van der Waals surface area (Å²) in [7, 11) is -9.80. The molecule has 0 radical (unpaired) electrons. The zero-order chi connectivity index (χ0) is 73.7. The number of unbranched alkanes of at least 4 members (excludes halogenated alkanes) is 29. The Balaban J connectivity index is 4.59. The van der Waals surface area contributed by atoms with Crippen LogP contribution >= 0.6 is 15.6 Å². The Morgan fingerprint density at radius 3 is 0.832 bits per heavy atom. The van der Waals surface area contributed by atoms with Crippen LogP contribution in [0.15, 0.2) is 134 Å². The number of aliphatic hydroxyl groups excluding tert-OH is 2. The van der Waals surface area contributed by atoms with Gasteiger partial charge in [0.05, 0.1) is 26.4 Å². The molecule has 0 fully saturated rings. The molecule has 0 aliphatic carbocycles. The number of carbonyl (C=O) groups is 3. The number of carbonyl (C=O) groups excluding carboxylic acids is 3. The van der Waals surface area contributed by atoms with Crippen molar-refractivity contribution in [2.45, 2.75) is 334 Å². The van der Waals surface area contributed by atoms with E-state index < -0.39 is 91.5 Å². The lowest BCUT2D eigenvalue weighted by Gasteiger charge is -2.21. The standard InChI is InChI=1S/C83H142O16P2/c1-4-7-10-13-16-19-22-25-28-30-32-34-36-37-38-39-41-43-44-46-49-51-54-57-60-63-66-69-81(86)93-72-78(84)73-95-100(89,90)96-74-79(85)75-97-101(91,92)98-77-80(99-83(88)71-68-65-62-59-56-53-48-27-24-21-18-15-12-9-6-3)76-94-82(87)70-67-64-61-58-55-52-50-47-45-42-40-35-33-31-29-26-23-20-17-14-11-8-5-2/h8,11,16-21,25-29,32-35,37-38,42,45,48,78-80,84-85H,4-7,9-10,12-15,22-24,30-31,36,39-41,43-44,46-47,49-77H2,1-3H3,(H,89,90)(H,91,92)/b11-8-,19-16-,20-17-,21-18-,28-25-,29-26-,34-32-,35-33-,38-37-,45-42-,48-27-. The first-order chi connectivity index (χ1) is 49.2. The van der Waals surface area contributed by atoms with Crippen molar-refractivity contribution in [2.75, 3.05) is 39.6 Å². The van der Waals surface area contributed by atoms with Crippen molar-refractivity contribution in [1.29, 1.82) is 0 Å². The van der Waals surface area contributed by atoms with Crippen LogP contribution in [0.3, 0.4) is 0 Å². The van der Waals surface area contributed by atoms with Gasteiger partial charge in [0, 0.05) is 19.3 Å². The highest BCUT2D eigenvalue weighted by Crippen LogP contribution is 2.45. The van der Waals surface area contributed by atoms with E-state index in [4.69, 9.17) is 32.3 Å². The minimum absolute atomic E-state index is 0.0829. The number of ether oxygens (including phenoxy) is 3. The molecule has 0 saturated heterocycles. The molecule has 5 atom stereocenters. The second-order valence-electron chi connectivity index (χ2n) is 26.1. The first-order valence-electron chi connectivity index (χ1n) is 39.5. The summed E-state index contributed by atoms with van der Waals surface area (Å²) in [5.41, 5.74) is 0. The third kappa shape index (κ3) is 76.6. The van der Waals surface area contributed by atoms with Gasteiger partial charge in [-0.1, -0.05) is 289 Å². The Kier molecular flexibility index (Phi) is 72.2. The van der Waals surface area contributed by atoms with Crippen LogP contribution in [0.4, 0.5) is 0 Å². The van der Waals surface area contributed by atoms with E-state index >= 15 is 0 Å². The molecule has 0 aromatic carbocycles. The molecule has 0 saturated carbocycles. The summed E-state index contributed by atoms with van der Waals surface area (Å²) >= 11 is 0. The Morgan fingerprint density at radius 1 is 0.287 bits per heavy atom. The molecule has 101 heavy (non-hydrogen) atoms. The normalized spacial score (nSPS) is 14.7. The van der Waals surface area contributed by atoms with E-state index in [1.807, 2.05) is 0 Å². The molecule has 0 spiro atoms. The maximum atomic E-state index is 13.0. The monoisotopic (exact) mass is 1460 g/mol. The lowest BCUT2D eigenvalue weighted by atomic mass is 10.0. The van der Waals surface area contributed by atoms with Crippen LogP contribution < -0.4 is 0 Å². The molecule has 0 aromatic rings. The average molecular weight is 1460 g/mol. The van der Waals surface area contributed by atoms with E-state index in [1.54, 1.807) is 0 Å². The van der Waals surface area contributed by atoms with E-state index in [0.717, 1.165) is 167 Å². The molecule has 0 aromatic heterocycles. The van der Waals surface area contributed by atoms with E-state index in [2.05, 4.69) is 154 Å². The third-order valence-electron chi connectivity index (χ3n) is 16.3. The average Bonchev–Trinajstić information content (AvgIpc) is 0.944. The number of phosphoric ester groups is 2. The molecule has 0 aliphatic rings. The SMILES string of the molecule is CC/C=C\C/C=C\C/C=C\C/C=C\C/C=C\CCCCCCCCCC(=O)OCC(COP(=O)(O)OCC(O)COP(=O)(O)OCC(O)COC(=O)CCCCCCCCCCCCC/C=C\C/C=C\C/C=C\C/C=C\CCCCC)OC(=O)CCCCCCC/C=C\C/C=C\CCCCC. The topological polar surface area (TPSA) is 231 Å². The smallest absolute Gasteiger partial charge is 0.463 e. The minimum Gasteiger partial charge on any atom is -0.463 e. The molecular weight excluding hydrogens is 1310 g/mol.